The fraction of sp³-hybridized carbons (Fsp3) is 0.0625. The molecule has 0 aliphatic heterocycles. The topological polar surface area (TPSA) is 54.9 Å². The first kappa shape index (κ1) is 14.1. The largest absolute Gasteiger partial charge is 0.346 e. The van der Waals surface area contributed by atoms with Crippen LogP contribution < -0.4 is 5.32 Å². The van der Waals surface area contributed by atoms with Gasteiger partial charge in [-0.3, -0.25) is 9.78 Å². The molecule has 1 amide bonds. The van der Waals surface area contributed by atoms with Crippen molar-refractivity contribution in [3.05, 3.63) is 71.7 Å². The molecule has 3 aromatic rings. The van der Waals surface area contributed by atoms with E-state index in [1.54, 1.807) is 24.5 Å². The Bertz CT molecular complexity index is 831. The highest BCUT2D eigenvalue weighted by Crippen LogP contribution is 2.13. The molecular weight excluding hydrogens is 288 g/mol. The Balaban J connectivity index is 1.79. The maximum Gasteiger partial charge on any atom is 0.270 e. The van der Waals surface area contributed by atoms with Gasteiger partial charge in [-0.1, -0.05) is 6.07 Å². The quantitative estimate of drug-likeness (QED) is 0.809. The highest BCUT2D eigenvalue weighted by Gasteiger charge is 2.12. The second kappa shape index (κ2) is 5.85. The van der Waals surface area contributed by atoms with Gasteiger partial charge < -0.3 is 5.32 Å². The molecule has 0 aliphatic carbocycles. The number of benzene rings is 1. The molecule has 2 aromatic heterocycles. The smallest absolute Gasteiger partial charge is 0.270 e. The van der Waals surface area contributed by atoms with E-state index in [1.165, 1.54) is 12.1 Å². The summed E-state index contributed by atoms with van der Waals surface area (Å²) in [5.74, 6) is -1.89. The third-order valence-electron chi connectivity index (χ3n) is 3.21. The maximum atomic E-state index is 13.5. The molecule has 22 heavy (non-hydrogen) atoms. The van der Waals surface area contributed by atoms with E-state index in [9.17, 15) is 13.6 Å². The fourth-order valence-electron chi connectivity index (χ4n) is 2.05. The van der Waals surface area contributed by atoms with Gasteiger partial charge in [0.2, 0.25) is 0 Å². The Morgan fingerprint density at radius 3 is 2.64 bits per heavy atom. The van der Waals surface area contributed by atoms with Crippen LogP contribution in [0, 0.1) is 11.6 Å². The Labute approximate surface area is 124 Å². The van der Waals surface area contributed by atoms with Crippen LogP contribution >= 0.6 is 0 Å². The molecule has 1 N–H and O–H groups in total. The van der Waals surface area contributed by atoms with Crippen LogP contribution in [0.5, 0.6) is 0 Å². The van der Waals surface area contributed by atoms with Gasteiger partial charge in [0, 0.05) is 29.9 Å². The Morgan fingerprint density at radius 2 is 1.86 bits per heavy atom. The highest BCUT2D eigenvalue weighted by molar-refractivity contribution is 5.94. The van der Waals surface area contributed by atoms with Crippen molar-refractivity contribution in [2.24, 2.45) is 0 Å². The van der Waals surface area contributed by atoms with Crippen LogP contribution in [0.4, 0.5) is 8.78 Å². The minimum absolute atomic E-state index is 0.176. The first-order valence-electron chi connectivity index (χ1n) is 6.57. The van der Waals surface area contributed by atoms with Gasteiger partial charge >= 0.3 is 0 Å². The summed E-state index contributed by atoms with van der Waals surface area (Å²) < 4.78 is 27.0. The van der Waals surface area contributed by atoms with Crippen molar-refractivity contribution in [1.29, 1.82) is 0 Å². The van der Waals surface area contributed by atoms with Gasteiger partial charge in [0.05, 0.1) is 5.52 Å². The lowest BCUT2D eigenvalue weighted by atomic mass is 10.2. The van der Waals surface area contributed by atoms with Crippen molar-refractivity contribution in [2.45, 2.75) is 6.54 Å². The number of nitrogens with one attached hydrogen (secondary N) is 1. The van der Waals surface area contributed by atoms with E-state index < -0.39 is 17.5 Å². The second-order valence-electron chi connectivity index (χ2n) is 4.65. The van der Waals surface area contributed by atoms with E-state index in [2.05, 4.69) is 15.3 Å². The maximum absolute atomic E-state index is 13.5. The van der Waals surface area contributed by atoms with E-state index in [-0.39, 0.29) is 17.8 Å². The van der Waals surface area contributed by atoms with E-state index in [1.807, 2.05) is 0 Å². The van der Waals surface area contributed by atoms with Crippen molar-refractivity contribution in [3.63, 3.8) is 0 Å². The summed E-state index contributed by atoms with van der Waals surface area (Å²) in [7, 11) is 0. The van der Waals surface area contributed by atoms with Crippen molar-refractivity contribution in [1.82, 2.24) is 15.3 Å². The molecule has 0 fully saturated rings. The number of amides is 1. The van der Waals surface area contributed by atoms with Gasteiger partial charge in [-0.15, -0.1) is 0 Å². The average molecular weight is 299 g/mol. The van der Waals surface area contributed by atoms with Crippen LogP contribution in [0.2, 0.25) is 0 Å². The van der Waals surface area contributed by atoms with Gasteiger partial charge in [-0.25, -0.2) is 13.8 Å². The van der Waals surface area contributed by atoms with Crippen LogP contribution in [0.3, 0.4) is 0 Å². The molecule has 1 aromatic carbocycles. The molecule has 0 bridgehead atoms. The van der Waals surface area contributed by atoms with E-state index in [0.29, 0.717) is 5.52 Å². The summed E-state index contributed by atoms with van der Waals surface area (Å²) in [5, 5.41) is 3.27. The molecule has 4 nitrogen and oxygen atoms in total. The number of carbonyl (C=O) groups is 1. The molecule has 6 heteroatoms. The number of aromatic nitrogens is 2. The molecule has 0 atom stereocenters. The number of pyridine rings is 2. The predicted molar refractivity (Wildman–Crippen MR) is 77.1 cm³/mol. The molecule has 2 heterocycles. The monoisotopic (exact) mass is 299 g/mol. The van der Waals surface area contributed by atoms with Crippen molar-refractivity contribution in [2.75, 3.05) is 0 Å². The third-order valence-corrected chi connectivity index (χ3v) is 3.21. The lowest BCUT2D eigenvalue weighted by Gasteiger charge is -2.07. The first-order valence-corrected chi connectivity index (χ1v) is 6.57. The standard InChI is InChI=1S/C16H11F2N3O/c17-12-2-1-3-13(18)11(12)9-20-16(22)15-5-4-10-8-19-7-6-14(10)21-15/h1-8H,9H2,(H,20,22). The summed E-state index contributed by atoms with van der Waals surface area (Å²) in [5.41, 5.74) is 0.621. The minimum Gasteiger partial charge on any atom is -0.346 e. The number of rotatable bonds is 3. The van der Waals surface area contributed by atoms with Crippen LogP contribution in [0.25, 0.3) is 10.9 Å². The van der Waals surface area contributed by atoms with Crippen molar-refractivity contribution < 1.29 is 13.6 Å². The van der Waals surface area contributed by atoms with Crippen molar-refractivity contribution >= 4 is 16.8 Å². The molecule has 0 aliphatic rings. The number of halogens is 2. The van der Waals surface area contributed by atoms with Gasteiger partial charge in [0.1, 0.15) is 17.3 Å². The van der Waals surface area contributed by atoms with Gasteiger partial charge in [0.15, 0.2) is 0 Å². The molecule has 0 saturated carbocycles. The van der Waals surface area contributed by atoms with Crippen LogP contribution in [-0.2, 0) is 6.54 Å². The number of nitrogens with zero attached hydrogens (tertiary/aromatic N) is 2. The zero-order valence-electron chi connectivity index (χ0n) is 11.4. The van der Waals surface area contributed by atoms with Gasteiger partial charge in [0.25, 0.3) is 5.91 Å². The summed E-state index contributed by atoms with van der Waals surface area (Å²) in [6.07, 6.45) is 3.21. The van der Waals surface area contributed by atoms with Crippen LogP contribution in [0.1, 0.15) is 16.1 Å². The molecule has 110 valence electrons. The number of hydrogen-bond acceptors (Lipinski definition) is 3. The minimum atomic E-state index is -0.696. The summed E-state index contributed by atoms with van der Waals surface area (Å²) in [6.45, 7) is -0.243. The Hall–Kier alpha value is -2.89. The van der Waals surface area contributed by atoms with Crippen molar-refractivity contribution in [3.8, 4) is 0 Å². The molecule has 3 rings (SSSR count). The lowest BCUT2D eigenvalue weighted by Crippen LogP contribution is -2.24. The highest BCUT2D eigenvalue weighted by atomic mass is 19.1. The van der Waals surface area contributed by atoms with E-state index in [0.717, 1.165) is 17.5 Å². The summed E-state index contributed by atoms with van der Waals surface area (Å²) >= 11 is 0. The molecule has 0 unspecified atom stereocenters. The van der Waals surface area contributed by atoms with E-state index in [4.69, 9.17) is 0 Å². The molecule has 0 spiro atoms. The summed E-state index contributed by atoms with van der Waals surface area (Å²) in [6, 6.07) is 8.50. The number of carbonyl (C=O) groups excluding carboxylic acids is 1. The molecular formula is C16H11F2N3O. The Kier molecular flexibility index (Phi) is 3.74. The second-order valence-corrected chi connectivity index (χ2v) is 4.65. The van der Waals surface area contributed by atoms with Gasteiger partial charge in [-0.05, 0) is 30.3 Å². The zero-order chi connectivity index (χ0) is 15.5. The zero-order valence-corrected chi connectivity index (χ0v) is 11.4. The third kappa shape index (κ3) is 2.76. The van der Waals surface area contributed by atoms with Gasteiger partial charge in [-0.2, -0.15) is 0 Å². The molecule has 0 saturated heterocycles. The SMILES string of the molecule is O=C(NCc1c(F)cccc1F)c1ccc2cnccc2n1. The van der Waals surface area contributed by atoms with Crippen LogP contribution in [0.15, 0.2) is 48.8 Å². The lowest BCUT2D eigenvalue weighted by molar-refractivity contribution is 0.0945. The first-order chi connectivity index (χ1) is 10.6. The average Bonchev–Trinajstić information content (AvgIpc) is 2.53. The fourth-order valence-corrected chi connectivity index (χ4v) is 2.05. The molecule has 0 radical (unpaired) electrons. The summed E-state index contributed by atoms with van der Waals surface area (Å²) in [4.78, 5) is 20.2. The number of hydrogen-bond donors (Lipinski definition) is 1. The number of fused-ring (bicyclic) bond motifs is 1. The Morgan fingerprint density at radius 1 is 1.09 bits per heavy atom. The predicted octanol–water partition coefficient (Wildman–Crippen LogP) is 2.84. The normalized spacial score (nSPS) is 10.6. The van der Waals surface area contributed by atoms with Crippen LogP contribution in [-0.4, -0.2) is 15.9 Å². The van der Waals surface area contributed by atoms with E-state index >= 15 is 0 Å².